The van der Waals surface area contributed by atoms with Crippen LogP contribution in [0.25, 0.3) is 0 Å². The lowest BCUT2D eigenvalue weighted by atomic mass is 10.2. The Labute approximate surface area is 93.7 Å². The Morgan fingerprint density at radius 1 is 1.38 bits per heavy atom. The number of ether oxygens (including phenoxy) is 1. The number of alkyl carbamates (subject to hydrolysis) is 1. The third-order valence-corrected chi connectivity index (χ3v) is 1.91. The van der Waals surface area contributed by atoms with Crippen molar-refractivity contribution in [3.8, 4) is 0 Å². The molecule has 1 aromatic rings. The number of hydrogen-bond acceptors (Lipinski definition) is 4. The quantitative estimate of drug-likeness (QED) is 0.672. The standard InChI is InChI=1S/C11H15NO4/c13-7-10(14)6-12-11(15)16-8-9-4-2-1-3-5-9/h1-5,10,13-14H,6-8H2,(H,12,15)/t10-/m1/s1. The fourth-order valence-electron chi connectivity index (χ4n) is 1.04. The largest absolute Gasteiger partial charge is 0.445 e. The van der Waals surface area contributed by atoms with Crippen LogP contribution < -0.4 is 5.32 Å². The summed E-state index contributed by atoms with van der Waals surface area (Å²) in [7, 11) is 0. The van der Waals surface area contributed by atoms with Gasteiger partial charge in [0.25, 0.3) is 0 Å². The molecule has 1 rings (SSSR count). The molecule has 0 spiro atoms. The van der Waals surface area contributed by atoms with Crippen molar-refractivity contribution < 1.29 is 19.7 Å². The molecule has 0 bridgehead atoms. The lowest BCUT2D eigenvalue weighted by molar-refractivity contribution is 0.0875. The van der Waals surface area contributed by atoms with E-state index in [1.807, 2.05) is 30.3 Å². The summed E-state index contributed by atoms with van der Waals surface area (Å²) in [4.78, 5) is 11.1. The van der Waals surface area contributed by atoms with E-state index in [0.29, 0.717) is 0 Å². The SMILES string of the molecule is O=C(NC[C@@H](O)CO)OCc1ccccc1. The van der Waals surface area contributed by atoms with Crippen LogP contribution in [0.4, 0.5) is 4.79 Å². The second-order valence-corrected chi connectivity index (χ2v) is 3.28. The Kier molecular flexibility index (Phi) is 5.31. The molecular formula is C11H15NO4. The van der Waals surface area contributed by atoms with Crippen molar-refractivity contribution in [2.24, 2.45) is 0 Å². The van der Waals surface area contributed by atoms with Gasteiger partial charge in [0.2, 0.25) is 0 Å². The number of benzene rings is 1. The molecule has 0 fully saturated rings. The van der Waals surface area contributed by atoms with E-state index < -0.39 is 12.2 Å². The van der Waals surface area contributed by atoms with Gasteiger partial charge in [-0.05, 0) is 5.56 Å². The molecule has 0 saturated heterocycles. The highest BCUT2D eigenvalue weighted by Gasteiger charge is 2.06. The molecule has 1 amide bonds. The molecule has 16 heavy (non-hydrogen) atoms. The topological polar surface area (TPSA) is 78.8 Å². The normalized spacial score (nSPS) is 11.9. The Morgan fingerprint density at radius 2 is 2.06 bits per heavy atom. The summed E-state index contributed by atoms with van der Waals surface area (Å²) in [5.41, 5.74) is 0.889. The highest BCUT2D eigenvalue weighted by atomic mass is 16.5. The zero-order chi connectivity index (χ0) is 11.8. The summed E-state index contributed by atoms with van der Waals surface area (Å²) in [6, 6.07) is 9.27. The predicted octanol–water partition coefficient (Wildman–Crippen LogP) is 0.266. The first-order chi connectivity index (χ1) is 7.72. The highest BCUT2D eigenvalue weighted by Crippen LogP contribution is 2.00. The molecule has 5 nitrogen and oxygen atoms in total. The number of amides is 1. The van der Waals surface area contributed by atoms with Crippen LogP contribution >= 0.6 is 0 Å². The molecule has 0 radical (unpaired) electrons. The van der Waals surface area contributed by atoms with Gasteiger partial charge in [-0.25, -0.2) is 4.79 Å². The molecule has 3 N–H and O–H groups in total. The van der Waals surface area contributed by atoms with Crippen molar-refractivity contribution in [2.75, 3.05) is 13.2 Å². The van der Waals surface area contributed by atoms with E-state index in [2.05, 4.69) is 5.32 Å². The monoisotopic (exact) mass is 225 g/mol. The third-order valence-electron chi connectivity index (χ3n) is 1.91. The van der Waals surface area contributed by atoms with E-state index in [1.165, 1.54) is 0 Å². The zero-order valence-electron chi connectivity index (χ0n) is 8.80. The van der Waals surface area contributed by atoms with Gasteiger partial charge in [0, 0.05) is 6.54 Å². The van der Waals surface area contributed by atoms with E-state index in [0.717, 1.165) is 5.56 Å². The Hall–Kier alpha value is -1.59. The van der Waals surface area contributed by atoms with E-state index in [9.17, 15) is 4.79 Å². The average molecular weight is 225 g/mol. The lowest BCUT2D eigenvalue weighted by Crippen LogP contribution is -2.34. The zero-order valence-corrected chi connectivity index (χ0v) is 8.80. The number of carbonyl (C=O) groups excluding carboxylic acids is 1. The van der Waals surface area contributed by atoms with Crippen LogP contribution in [-0.2, 0) is 11.3 Å². The van der Waals surface area contributed by atoms with Crippen LogP contribution in [0, 0.1) is 0 Å². The molecular weight excluding hydrogens is 210 g/mol. The molecule has 0 heterocycles. The van der Waals surface area contributed by atoms with Crippen LogP contribution in [0.3, 0.4) is 0 Å². The maximum Gasteiger partial charge on any atom is 0.407 e. The molecule has 5 heteroatoms. The van der Waals surface area contributed by atoms with Crippen LogP contribution in [-0.4, -0.2) is 35.6 Å². The maximum absolute atomic E-state index is 11.1. The maximum atomic E-state index is 11.1. The number of hydrogen-bond donors (Lipinski definition) is 3. The van der Waals surface area contributed by atoms with Gasteiger partial charge in [-0.3, -0.25) is 0 Å². The summed E-state index contributed by atoms with van der Waals surface area (Å²) in [6.07, 6.45) is -1.57. The van der Waals surface area contributed by atoms with Gasteiger partial charge in [0.1, 0.15) is 6.61 Å². The summed E-state index contributed by atoms with van der Waals surface area (Å²) in [5.74, 6) is 0. The van der Waals surface area contributed by atoms with Gasteiger partial charge in [0.05, 0.1) is 12.7 Å². The second-order valence-electron chi connectivity index (χ2n) is 3.28. The van der Waals surface area contributed by atoms with Gasteiger partial charge in [0.15, 0.2) is 0 Å². The van der Waals surface area contributed by atoms with Gasteiger partial charge in [-0.15, -0.1) is 0 Å². The number of nitrogens with one attached hydrogen (secondary N) is 1. The Balaban J connectivity index is 2.20. The lowest BCUT2D eigenvalue weighted by Gasteiger charge is -2.09. The molecule has 1 aromatic carbocycles. The summed E-state index contributed by atoms with van der Waals surface area (Å²) in [6.45, 7) is -0.231. The summed E-state index contributed by atoms with van der Waals surface area (Å²) >= 11 is 0. The van der Waals surface area contributed by atoms with Crippen LogP contribution in [0.2, 0.25) is 0 Å². The van der Waals surface area contributed by atoms with Crippen molar-refractivity contribution in [3.05, 3.63) is 35.9 Å². The summed E-state index contributed by atoms with van der Waals surface area (Å²) < 4.78 is 4.88. The van der Waals surface area contributed by atoms with Crippen molar-refractivity contribution in [1.82, 2.24) is 5.32 Å². The van der Waals surface area contributed by atoms with Gasteiger partial charge in [-0.1, -0.05) is 30.3 Å². The second kappa shape index (κ2) is 6.81. The fraction of sp³-hybridized carbons (Fsp3) is 0.364. The first kappa shape index (κ1) is 12.5. The van der Waals surface area contributed by atoms with E-state index in [-0.39, 0.29) is 19.8 Å². The first-order valence-corrected chi connectivity index (χ1v) is 4.96. The third kappa shape index (κ3) is 4.77. The molecule has 0 aliphatic rings. The molecule has 0 aliphatic carbocycles. The Bertz CT molecular complexity index is 315. The molecule has 0 unspecified atom stereocenters. The van der Waals surface area contributed by atoms with Gasteiger partial charge >= 0.3 is 6.09 Å². The molecule has 1 atom stereocenters. The van der Waals surface area contributed by atoms with E-state index in [4.69, 9.17) is 14.9 Å². The first-order valence-electron chi connectivity index (χ1n) is 4.96. The minimum Gasteiger partial charge on any atom is -0.445 e. The minimum atomic E-state index is -0.954. The summed E-state index contributed by atoms with van der Waals surface area (Å²) in [5, 5.41) is 19.8. The van der Waals surface area contributed by atoms with Crippen molar-refractivity contribution in [3.63, 3.8) is 0 Å². The molecule has 0 aromatic heterocycles. The van der Waals surface area contributed by atoms with E-state index >= 15 is 0 Å². The number of aliphatic hydroxyl groups is 2. The highest BCUT2D eigenvalue weighted by molar-refractivity contribution is 5.67. The van der Waals surface area contributed by atoms with Crippen molar-refractivity contribution in [1.29, 1.82) is 0 Å². The van der Waals surface area contributed by atoms with Gasteiger partial charge < -0.3 is 20.3 Å². The minimum absolute atomic E-state index is 0.0237. The predicted molar refractivity (Wildman–Crippen MR) is 57.7 cm³/mol. The van der Waals surface area contributed by atoms with Crippen molar-refractivity contribution in [2.45, 2.75) is 12.7 Å². The van der Waals surface area contributed by atoms with Crippen LogP contribution in [0.1, 0.15) is 5.56 Å². The van der Waals surface area contributed by atoms with E-state index in [1.54, 1.807) is 0 Å². The molecule has 0 aliphatic heterocycles. The molecule has 88 valence electrons. The number of rotatable bonds is 5. The number of carbonyl (C=O) groups is 1. The smallest absolute Gasteiger partial charge is 0.407 e. The number of aliphatic hydroxyl groups excluding tert-OH is 2. The van der Waals surface area contributed by atoms with Crippen molar-refractivity contribution >= 4 is 6.09 Å². The van der Waals surface area contributed by atoms with Crippen LogP contribution in [0.5, 0.6) is 0 Å². The Morgan fingerprint density at radius 3 is 2.69 bits per heavy atom. The average Bonchev–Trinajstić information content (AvgIpc) is 2.34. The van der Waals surface area contributed by atoms with Gasteiger partial charge in [-0.2, -0.15) is 0 Å². The molecule has 0 saturated carbocycles. The fourth-order valence-corrected chi connectivity index (χ4v) is 1.04. The van der Waals surface area contributed by atoms with Crippen LogP contribution in [0.15, 0.2) is 30.3 Å².